The van der Waals surface area contributed by atoms with E-state index < -0.39 is 0 Å². The van der Waals surface area contributed by atoms with Crippen LogP contribution in [0.5, 0.6) is 0 Å². The maximum absolute atomic E-state index is 3.77. The lowest BCUT2D eigenvalue weighted by Gasteiger charge is -2.32. The standard InChI is InChI=1S/C20H38N2/c1-2-5-9-13-17-20(16-12-8-4-1)22-19-15-11-7-3-6-10-14-18-21-22/h6,10,20-21H,1-5,7-9,11-19H2/b10-6-. The Morgan fingerprint density at radius 3 is 1.95 bits per heavy atom. The topological polar surface area (TPSA) is 15.3 Å². The van der Waals surface area contributed by atoms with Gasteiger partial charge in [-0.05, 0) is 38.5 Å². The molecule has 2 rings (SSSR count). The lowest BCUT2D eigenvalue weighted by Crippen LogP contribution is -2.46. The molecule has 1 heterocycles. The minimum absolute atomic E-state index is 0.780. The summed E-state index contributed by atoms with van der Waals surface area (Å²) in [4.78, 5) is 0. The quantitative estimate of drug-likeness (QED) is 0.635. The molecule has 2 heteroatoms. The molecule has 0 aromatic carbocycles. The first-order valence-electron chi connectivity index (χ1n) is 10.1. The third-order valence-electron chi connectivity index (χ3n) is 5.33. The highest BCUT2D eigenvalue weighted by atomic mass is 15.5. The summed E-state index contributed by atoms with van der Waals surface area (Å²) in [6.07, 6.45) is 25.8. The number of hydrogen-bond donors (Lipinski definition) is 1. The highest BCUT2D eigenvalue weighted by Crippen LogP contribution is 2.20. The van der Waals surface area contributed by atoms with Crippen molar-refractivity contribution in [3.8, 4) is 0 Å². The predicted molar refractivity (Wildman–Crippen MR) is 96.9 cm³/mol. The van der Waals surface area contributed by atoms with Crippen LogP contribution in [-0.4, -0.2) is 24.1 Å². The molecule has 0 spiro atoms. The molecule has 0 radical (unpaired) electrons. The van der Waals surface area contributed by atoms with Gasteiger partial charge in [0.25, 0.3) is 0 Å². The van der Waals surface area contributed by atoms with Gasteiger partial charge in [0.05, 0.1) is 0 Å². The van der Waals surface area contributed by atoms with Crippen molar-refractivity contribution in [1.82, 2.24) is 10.4 Å². The first-order valence-corrected chi connectivity index (χ1v) is 10.1. The van der Waals surface area contributed by atoms with Crippen molar-refractivity contribution in [3.05, 3.63) is 12.2 Å². The van der Waals surface area contributed by atoms with Crippen LogP contribution in [0.3, 0.4) is 0 Å². The smallest absolute Gasteiger partial charge is 0.0243 e. The van der Waals surface area contributed by atoms with Crippen molar-refractivity contribution in [1.29, 1.82) is 0 Å². The van der Waals surface area contributed by atoms with Gasteiger partial charge >= 0.3 is 0 Å². The van der Waals surface area contributed by atoms with Crippen molar-refractivity contribution in [2.24, 2.45) is 0 Å². The lowest BCUT2D eigenvalue weighted by atomic mass is 10.0. The second kappa shape index (κ2) is 12.1. The Balaban J connectivity index is 1.85. The second-order valence-corrected chi connectivity index (χ2v) is 7.27. The zero-order valence-corrected chi connectivity index (χ0v) is 14.7. The number of allylic oxidation sites excluding steroid dienone is 1. The molecule has 128 valence electrons. The molecule has 0 aromatic rings. The van der Waals surface area contributed by atoms with E-state index in [0.29, 0.717) is 0 Å². The summed E-state index contributed by atoms with van der Waals surface area (Å²) in [6, 6.07) is 0.780. The third kappa shape index (κ3) is 7.78. The summed E-state index contributed by atoms with van der Waals surface area (Å²) < 4.78 is 0. The number of rotatable bonds is 1. The van der Waals surface area contributed by atoms with Gasteiger partial charge in [0.1, 0.15) is 0 Å². The maximum atomic E-state index is 3.77. The fraction of sp³-hybridized carbons (Fsp3) is 0.900. The zero-order valence-electron chi connectivity index (χ0n) is 14.7. The minimum Gasteiger partial charge on any atom is -0.255 e. The lowest BCUT2D eigenvalue weighted by molar-refractivity contribution is 0.104. The van der Waals surface area contributed by atoms with E-state index in [2.05, 4.69) is 22.6 Å². The van der Waals surface area contributed by atoms with Crippen LogP contribution >= 0.6 is 0 Å². The Bertz CT molecular complexity index is 275. The van der Waals surface area contributed by atoms with Gasteiger partial charge in [-0.25, -0.2) is 5.01 Å². The van der Waals surface area contributed by atoms with Crippen LogP contribution in [0.15, 0.2) is 12.2 Å². The molecule has 1 aliphatic carbocycles. The second-order valence-electron chi connectivity index (χ2n) is 7.27. The van der Waals surface area contributed by atoms with E-state index >= 15 is 0 Å². The van der Waals surface area contributed by atoms with Crippen LogP contribution in [0.2, 0.25) is 0 Å². The third-order valence-corrected chi connectivity index (χ3v) is 5.33. The molecule has 1 saturated carbocycles. The van der Waals surface area contributed by atoms with Gasteiger partial charge < -0.3 is 0 Å². The highest BCUT2D eigenvalue weighted by Gasteiger charge is 2.18. The molecular formula is C20H38N2. The van der Waals surface area contributed by atoms with Crippen LogP contribution < -0.4 is 5.43 Å². The average Bonchev–Trinajstić information content (AvgIpc) is 2.64. The molecular weight excluding hydrogens is 268 g/mol. The maximum Gasteiger partial charge on any atom is 0.0243 e. The van der Waals surface area contributed by atoms with Crippen molar-refractivity contribution >= 4 is 0 Å². The van der Waals surface area contributed by atoms with Crippen molar-refractivity contribution < 1.29 is 0 Å². The molecule has 1 fully saturated rings. The van der Waals surface area contributed by atoms with Crippen molar-refractivity contribution in [2.45, 2.75) is 102 Å². The molecule has 0 bridgehead atoms. The van der Waals surface area contributed by atoms with E-state index in [9.17, 15) is 0 Å². The van der Waals surface area contributed by atoms with Crippen LogP contribution in [-0.2, 0) is 0 Å². The monoisotopic (exact) mass is 306 g/mol. The summed E-state index contributed by atoms with van der Waals surface area (Å²) in [5.41, 5.74) is 3.77. The SMILES string of the molecule is C1=C\CCNN(C2CCCCCCCCCC2)CCCCC/1. The Morgan fingerprint density at radius 1 is 0.636 bits per heavy atom. The summed E-state index contributed by atoms with van der Waals surface area (Å²) in [5, 5.41) is 2.64. The molecule has 0 atom stereocenters. The van der Waals surface area contributed by atoms with Gasteiger partial charge in [-0.2, -0.15) is 0 Å². The molecule has 1 aliphatic heterocycles. The van der Waals surface area contributed by atoms with Gasteiger partial charge in [0, 0.05) is 19.1 Å². The van der Waals surface area contributed by atoms with Crippen LogP contribution in [0.1, 0.15) is 96.3 Å². The van der Waals surface area contributed by atoms with Crippen molar-refractivity contribution in [2.75, 3.05) is 13.1 Å². The van der Waals surface area contributed by atoms with Crippen LogP contribution in [0.4, 0.5) is 0 Å². The fourth-order valence-corrected chi connectivity index (χ4v) is 3.92. The van der Waals surface area contributed by atoms with E-state index in [1.807, 2.05) is 0 Å². The fourth-order valence-electron chi connectivity index (χ4n) is 3.92. The summed E-state index contributed by atoms with van der Waals surface area (Å²) in [5.74, 6) is 0. The van der Waals surface area contributed by atoms with E-state index in [-0.39, 0.29) is 0 Å². The van der Waals surface area contributed by atoms with Crippen LogP contribution in [0.25, 0.3) is 0 Å². The first-order chi connectivity index (χ1) is 11.0. The Hall–Kier alpha value is -0.340. The molecule has 0 amide bonds. The normalized spacial score (nSPS) is 27.5. The largest absolute Gasteiger partial charge is 0.255 e. The Morgan fingerprint density at radius 2 is 1.23 bits per heavy atom. The van der Waals surface area contributed by atoms with Gasteiger partial charge in [0.2, 0.25) is 0 Å². The minimum atomic E-state index is 0.780. The highest BCUT2D eigenvalue weighted by molar-refractivity contribution is 4.83. The van der Waals surface area contributed by atoms with E-state index in [4.69, 9.17) is 0 Å². The molecule has 0 aromatic heterocycles. The van der Waals surface area contributed by atoms with E-state index in [1.165, 1.54) is 103 Å². The summed E-state index contributed by atoms with van der Waals surface area (Å²) >= 11 is 0. The Labute approximate surface area is 138 Å². The number of hydrogen-bond acceptors (Lipinski definition) is 2. The number of nitrogens with one attached hydrogen (secondary N) is 1. The van der Waals surface area contributed by atoms with Gasteiger partial charge in [-0.15, -0.1) is 0 Å². The zero-order chi connectivity index (χ0) is 15.3. The summed E-state index contributed by atoms with van der Waals surface area (Å²) in [7, 11) is 0. The first kappa shape index (κ1) is 18.0. The predicted octanol–water partition coefficient (Wildman–Crippen LogP) is 5.60. The molecule has 1 N–H and O–H groups in total. The van der Waals surface area contributed by atoms with E-state index in [0.717, 1.165) is 12.6 Å². The number of hydrazine groups is 1. The molecule has 22 heavy (non-hydrogen) atoms. The molecule has 0 saturated heterocycles. The number of nitrogens with zero attached hydrogens (tertiary/aromatic N) is 1. The van der Waals surface area contributed by atoms with Gasteiger partial charge in [-0.1, -0.05) is 69.9 Å². The summed E-state index contributed by atoms with van der Waals surface area (Å²) in [6.45, 7) is 2.37. The van der Waals surface area contributed by atoms with Crippen LogP contribution in [0, 0.1) is 0 Å². The molecule has 2 aliphatic rings. The molecule has 2 nitrogen and oxygen atoms in total. The average molecular weight is 307 g/mol. The van der Waals surface area contributed by atoms with Crippen molar-refractivity contribution in [3.63, 3.8) is 0 Å². The molecule has 0 unspecified atom stereocenters. The van der Waals surface area contributed by atoms with Gasteiger partial charge in [0.15, 0.2) is 0 Å². The Kier molecular flexibility index (Phi) is 9.93. The van der Waals surface area contributed by atoms with Gasteiger partial charge in [-0.3, -0.25) is 5.43 Å². The van der Waals surface area contributed by atoms with E-state index in [1.54, 1.807) is 0 Å².